The zero-order valence-electron chi connectivity index (χ0n) is 7.30. The zero-order chi connectivity index (χ0) is 9.84. The second kappa shape index (κ2) is 4.41. The molecule has 4 nitrogen and oxygen atoms in total. The smallest absolute Gasteiger partial charge is 0.357 e. The Hall–Kier alpha value is -0.840. The fraction of sp³-hybridized carbons (Fsp3) is 0.500. The average molecular weight is 247 g/mol. The maximum Gasteiger partial charge on any atom is 0.357 e. The lowest BCUT2D eigenvalue weighted by atomic mass is 10.2. The summed E-state index contributed by atoms with van der Waals surface area (Å²) < 4.78 is 0.450. The van der Waals surface area contributed by atoms with Crippen LogP contribution in [0.3, 0.4) is 0 Å². The van der Waals surface area contributed by atoms with Crippen LogP contribution in [-0.4, -0.2) is 21.0 Å². The molecule has 0 atom stereocenters. The van der Waals surface area contributed by atoms with Gasteiger partial charge in [0.15, 0.2) is 5.69 Å². The van der Waals surface area contributed by atoms with Crippen LogP contribution in [0.25, 0.3) is 0 Å². The zero-order valence-corrected chi connectivity index (χ0v) is 8.89. The van der Waals surface area contributed by atoms with E-state index >= 15 is 0 Å². The fourth-order valence-electron chi connectivity index (χ4n) is 1.00. The number of hydrogen-bond donors (Lipinski definition) is 2. The lowest BCUT2D eigenvalue weighted by molar-refractivity contribution is 0.0690. The number of halogens is 1. The van der Waals surface area contributed by atoms with Crippen molar-refractivity contribution in [1.82, 2.24) is 9.97 Å². The van der Waals surface area contributed by atoms with Gasteiger partial charge in [-0.05, 0) is 22.4 Å². The Kier molecular flexibility index (Phi) is 3.48. The molecule has 0 radical (unpaired) electrons. The highest BCUT2D eigenvalue weighted by Gasteiger charge is 2.13. The SMILES string of the molecule is CCCCc1nc(C(=O)O)c(Br)[nH]1. The third kappa shape index (κ3) is 2.55. The molecule has 0 aliphatic heterocycles. The van der Waals surface area contributed by atoms with Crippen LogP contribution in [0.5, 0.6) is 0 Å². The first-order chi connectivity index (χ1) is 6.15. The van der Waals surface area contributed by atoms with Crippen molar-refractivity contribution in [2.45, 2.75) is 26.2 Å². The minimum Gasteiger partial charge on any atom is -0.476 e. The van der Waals surface area contributed by atoms with E-state index in [1.54, 1.807) is 0 Å². The molecule has 0 fully saturated rings. The van der Waals surface area contributed by atoms with E-state index in [9.17, 15) is 4.79 Å². The molecule has 2 N–H and O–H groups in total. The Labute approximate surface area is 84.5 Å². The number of carboxylic acids is 1. The van der Waals surface area contributed by atoms with Gasteiger partial charge < -0.3 is 10.1 Å². The molecule has 72 valence electrons. The van der Waals surface area contributed by atoms with Gasteiger partial charge in [-0.15, -0.1) is 0 Å². The molecule has 0 aliphatic rings. The van der Waals surface area contributed by atoms with Crippen molar-refractivity contribution in [2.75, 3.05) is 0 Å². The van der Waals surface area contributed by atoms with E-state index in [1.165, 1.54) is 0 Å². The monoisotopic (exact) mass is 246 g/mol. The molecule has 0 amide bonds. The molecular weight excluding hydrogens is 236 g/mol. The van der Waals surface area contributed by atoms with E-state index in [0.717, 1.165) is 25.1 Å². The van der Waals surface area contributed by atoms with E-state index in [4.69, 9.17) is 5.11 Å². The third-order valence-corrected chi connectivity index (χ3v) is 2.25. The largest absolute Gasteiger partial charge is 0.476 e. The fourth-order valence-corrected chi connectivity index (χ4v) is 1.49. The van der Waals surface area contributed by atoms with Gasteiger partial charge in [-0.3, -0.25) is 0 Å². The number of nitrogens with zero attached hydrogens (tertiary/aromatic N) is 1. The van der Waals surface area contributed by atoms with E-state index in [2.05, 4.69) is 32.8 Å². The van der Waals surface area contributed by atoms with Gasteiger partial charge in [0.05, 0.1) is 0 Å². The number of nitrogens with one attached hydrogen (secondary N) is 1. The molecule has 1 aromatic rings. The number of aromatic amines is 1. The van der Waals surface area contributed by atoms with Gasteiger partial charge in [-0.25, -0.2) is 9.78 Å². The highest BCUT2D eigenvalue weighted by molar-refractivity contribution is 9.10. The van der Waals surface area contributed by atoms with Crippen LogP contribution in [-0.2, 0) is 6.42 Å². The van der Waals surface area contributed by atoms with Crippen molar-refractivity contribution in [1.29, 1.82) is 0 Å². The van der Waals surface area contributed by atoms with Crippen molar-refractivity contribution >= 4 is 21.9 Å². The van der Waals surface area contributed by atoms with Gasteiger partial charge in [-0.1, -0.05) is 13.3 Å². The maximum atomic E-state index is 10.6. The first kappa shape index (κ1) is 10.2. The topological polar surface area (TPSA) is 66.0 Å². The molecule has 0 aliphatic carbocycles. The van der Waals surface area contributed by atoms with E-state index in [-0.39, 0.29) is 5.69 Å². The average Bonchev–Trinajstić information content (AvgIpc) is 2.43. The minimum atomic E-state index is -1.01. The summed E-state index contributed by atoms with van der Waals surface area (Å²) in [4.78, 5) is 17.4. The first-order valence-corrected chi connectivity index (χ1v) is 4.92. The molecule has 1 aromatic heterocycles. The second-order valence-corrected chi connectivity index (χ2v) is 3.55. The van der Waals surface area contributed by atoms with Crippen LogP contribution in [0.4, 0.5) is 0 Å². The van der Waals surface area contributed by atoms with Crippen LogP contribution in [0.1, 0.15) is 36.1 Å². The molecule has 0 spiro atoms. The third-order valence-electron chi connectivity index (χ3n) is 1.68. The highest BCUT2D eigenvalue weighted by Crippen LogP contribution is 2.14. The number of carbonyl (C=O) groups is 1. The summed E-state index contributed by atoms with van der Waals surface area (Å²) in [5, 5.41) is 8.69. The molecule has 0 aromatic carbocycles. The van der Waals surface area contributed by atoms with Crippen LogP contribution >= 0.6 is 15.9 Å². The highest BCUT2D eigenvalue weighted by atomic mass is 79.9. The summed E-state index contributed by atoms with van der Waals surface area (Å²) >= 11 is 3.11. The van der Waals surface area contributed by atoms with Gasteiger partial charge in [0.2, 0.25) is 0 Å². The summed E-state index contributed by atoms with van der Waals surface area (Å²) in [5.74, 6) is -0.281. The van der Waals surface area contributed by atoms with Crippen molar-refractivity contribution in [3.05, 3.63) is 16.1 Å². The quantitative estimate of drug-likeness (QED) is 0.857. The van der Waals surface area contributed by atoms with Crippen LogP contribution in [0, 0.1) is 0 Å². The van der Waals surface area contributed by atoms with E-state index in [0.29, 0.717) is 4.60 Å². The first-order valence-electron chi connectivity index (χ1n) is 4.12. The molecular formula is C8H11BrN2O2. The van der Waals surface area contributed by atoms with Crippen molar-refractivity contribution in [3.8, 4) is 0 Å². The molecule has 0 saturated carbocycles. The molecule has 1 rings (SSSR count). The van der Waals surface area contributed by atoms with Gasteiger partial charge in [-0.2, -0.15) is 0 Å². The Morgan fingerprint density at radius 1 is 1.69 bits per heavy atom. The Morgan fingerprint density at radius 3 is 2.85 bits per heavy atom. The number of aromatic carboxylic acids is 1. The number of aromatic nitrogens is 2. The van der Waals surface area contributed by atoms with Crippen molar-refractivity contribution < 1.29 is 9.90 Å². The molecule has 0 saturated heterocycles. The van der Waals surface area contributed by atoms with Crippen molar-refractivity contribution in [3.63, 3.8) is 0 Å². The molecule has 0 unspecified atom stereocenters. The van der Waals surface area contributed by atoms with Crippen LogP contribution < -0.4 is 0 Å². The normalized spacial score (nSPS) is 10.3. The van der Waals surface area contributed by atoms with Gasteiger partial charge in [0.1, 0.15) is 10.4 Å². The lowest BCUT2D eigenvalue weighted by Crippen LogP contribution is -1.97. The predicted octanol–water partition coefficient (Wildman–Crippen LogP) is 2.21. The predicted molar refractivity (Wildman–Crippen MR) is 51.9 cm³/mol. The van der Waals surface area contributed by atoms with Gasteiger partial charge in [0.25, 0.3) is 0 Å². The number of imidazole rings is 1. The lowest BCUT2D eigenvalue weighted by Gasteiger charge is -1.90. The Balaban J connectivity index is 2.76. The second-order valence-electron chi connectivity index (χ2n) is 2.75. The van der Waals surface area contributed by atoms with E-state index < -0.39 is 5.97 Å². The summed E-state index contributed by atoms with van der Waals surface area (Å²) in [6.45, 7) is 2.08. The molecule has 1 heterocycles. The number of rotatable bonds is 4. The number of hydrogen-bond acceptors (Lipinski definition) is 2. The standard InChI is InChI=1S/C8H11BrN2O2/c1-2-3-4-5-10-6(8(12)13)7(9)11-5/h2-4H2,1H3,(H,10,11)(H,12,13). The Bertz CT molecular complexity index is 309. The molecule has 13 heavy (non-hydrogen) atoms. The van der Waals surface area contributed by atoms with Crippen molar-refractivity contribution in [2.24, 2.45) is 0 Å². The number of aryl methyl sites for hydroxylation is 1. The number of carboxylic acid groups (broad SMARTS) is 1. The number of H-pyrrole nitrogens is 1. The summed E-state index contributed by atoms with van der Waals surface area (Å²) in [6.07, 6.45) is 2.88. The van der Waals surface area contributed by atoms with Gasteiger partial charge in [0, 0.05) is 6.42 Å². The van der Waals surface area contributed by atoms with Crippen LogP contribution in [0.2, 0.25) is 0 Å². The molecule has 5 heteroatoms. The number of unbranched alkanes of at least 4 members (excludes halogenated alkanes) is 1. The van der Waals surface area contributed by atoms with Gasteiger partial charge >= 0.3 is 5.97 Å². The van der Waals surface area contributed by atoms with E-state index in [1.807, 2.05) is 0 Å². The molecule has 0 bridgehead atoms. The van der Waals surface area contributed by atoms with Crippen LogP contribution in [0.15, 0.2) is 4.60 Å². The summed E-state index contributed by atoms with van der Waals surface area (Å²) in [5.41, 5.74) is 0.0612. The summed E-state index contributed by atoms with van der Waals surface area (Å²) in [7, 11) is 0. The summed E-state index contributed by atoms with van der Waals surface area (Å²) in [6, 6.07) is 0. The Morgan fingerprint density at radius 2 is 2.38 bits per heavy atom. The maximum absolute atomic E-state index is 10.6. The minimum absolute atomic E-state index is 0.0612.